The number of morpholine rings is 1. The van der Waals surface area contributed by atoms with E-state index in [-0.39, 0.29) is 0 Å². The third-order valence-electron chi connectivity index (χ3n) is 6.11. The standard InChI is InChI=1S/C24H30N8O2.C2H6.C2H4/c1-16-6-7-19(17(2)13-16)26-20-14-22-28-27-21(5-4-8-31-9-11-33-12-10-31)32(22)15-18(20)23-29-30-24(25-3)34-23;2*1-2/h6-7,13-15,26H,4-5,8-12H2,1-3H3,(H,25,30);1-2H3;1-2H2. The molecule has 204 valence electrons. The number of rotatable bonds is 8. The predicted octanol–water partition coefficient (Wildman–Crippen LogP) is 5.27. The number of nitrogens with one attached hydrogen (secondary N) is 2. The van der Waals surface area contributed by atoms with Crippen LogP contribution in [0.3, 0.4) is 0 Å². The maximum absolute atomic E-state index is 5.83. The Hall–Kier alpha value is -3.76. The van der Waals surface area contributed by atoms with Crippen molar-refractivity contribution in [1.82, 2.24) is 29.7 Å². The summed E-state index contributed by atoms with van der Waals surface area (Å²) in [5.74, 6) is 1.34. The molecule has 1 saturated heterocycles. The van der Waals surface area contributed by atoms with Crippen molar-refractivity contribution in [2.75, 3.05) is 50.5 Å². The SMILES string of the molecule is C=C.CC.CNc1nnc(-c2cn3c(CCCN4CCOCC4)nnc3cc2Nc2ccc(C)cc2C)o1. The van der Waals surface area contributed by atoms with Crippen LogP contribution in [0.5, 0.6) is 0 Å². The van der Waals surface area contributed by atoms with Gasteiger partial charge in [-0.05, 0) is 38.4 Å². The third-order valence-corrected chi connectivity index (χ3v) is 6.11. The summed E-state index contributed by atoms with van der Waals surface area (Å²) in [5.41, 5.74) is 5.76. The monoisotopic (exact) mass is 520 g/mol. The third kappa shape index (κ3) is 6.96. The molecule has 0 unspecified atom stereocenters. The molecule has 4 aromatic rings. The van der Waals surface area contributed by atoms with Crippen LogP contribution < -0.4 is 10.6 Å². The van der Waals surface area contributed by atoms with Crippen LogP contribution in [0.15, 0.2) is 48.0 Å². The molecule has 10 heteroatoms. The Morgan fingerprint density at radius 1 is 0.974 bits per heavy atom. The van der Waals surface area contributed by atoms with Crippen LogP contribution in [0.4, 0.5) is 17.4 Å². The number of aryl methyl sites for hydroxylation is 3. The van der Waals surface area contributed by atoms with Gasteiger partial charge >= 0.3 is 6.01 Å². The lowest BCUT2D eigenvalue weighted by atomic mass is 10.1. The fourth-order valence-corrected chi connectivity index (χ4v) is 4.24. The highest BCUT2D eigenvalue weighted by Gasteiger charge is 2.18. The number of hydrogen-bond acceptors (Lipinski definition) is 9. The number of anilines is 3. The summed E-state index contributed by atoms with van der Waals surface area (Å²) in [6, 6.07) is 8.66. The van der Waals surface area contributed by atoms with Crippen LogP contribution in [0.2, 0.25) is 0 Å². The van der Waals surface area contributed by atoms with E-state index in [1.165, 1.54) is 5.56 Å². The minimum absolute atomic E-state index is 0.363. The zero-order chi connectivity index (χ0) is 27.5. The summed E-state index contributed by atoms with van der Waals surface area (Å²) < 4.78 is 13.3. The Morgan fingerprint density at radius 2 is 1.74 bits per heavy atom. The van der Waals surface area contributed by atoms with Gasteiger partial charge in [0.05, 0.1) is 24.5 Å². The van der Waals surface area contributed by atoms with E-state index in [4.69, 9.17) is 9.15 Å². The Labute approximate surface area is 225 Å². The van der Waals surface area contributed by atoms with E-state index < -0.39 is 0 Å². The lowest BCUT2D eigenvalue weighted by Crippen LogP contribution is -2.37. The second-order valence-corrected chi connectivity index (χ2v) is 8.61. The number of aromatic nitrogens is 5. The molecule has 4 heterocycles. The zero-order valence-corrected chi connectivity index (χ0v) is 23.3. The predicted molar refractivity (Wildman–Crippen MR) is 153 cm³/mol. The summed E-state index contributed by atoms with van der Waals surface area (Å²) in [4.78, 5) is 2.43. The second-order valence-electron chi connectivity index (χ2n) is 8.61. The maximum atomic E-state index is 5.83. The van der Waals surface area contributed by atoms with Crippen molar-refractivity contribution in [2.24, 2.45) is 0 Å². The molecule has 1 aliphatic rings. The first-order valence-corrected chi connectivity index (χ1v) is 13.1. The highest BCUT2D eigenvalue weighted by Crippen LogP contribution is 2.33. The zero-order valence-electron chi connectivity index (χ0n) is 23.3. The van der Waals surface area contributed by atoms with E-state index >= 15 is 0 Å². The van der Waals surface area contributed by atoms with E-state index in [9.17, 15) is 0 Å². The van der Waals surface area contributed by atoms with Crippen LogP contribution >= 0.6 is 0 Å². The van der Waals surface area contributed by atoms with Gasteiger partial charge in [0, 0.05) is 44.5 Å². The van der Waals surface area contributed by atoms with Gasteiger partial charge in [-0.15, -0.1) is 28.5 Å². The molecule has 10 nitrogen and oxygen atoms in total. The van der Waals surface area contributed by atoms with Gasteiger partial charge in [0.25, 0.3) is 5.89 Å². The minimum Gasteiger partial charge on any atom is -0.403 e. The molecule has 0 bridgehead atoms. The average Bonchev–Trinajstić information content (AvgIpc) is 3.60. The van der Waals surface area contributed by atoms with Crippen molar-refractivity contribution in [3.63, 3.8) is 0 Å². The van der Waals surface area contributed by atoms with Gasteiger partial charge in [0.1, 0.15) is 5.82 Å². The number of fused-ring (bicyclic) bond motifs is 1. The van der Waals surface area contributed by atoms with Gasteiger partial charge in [-0.1, -0.05) is 36.6 Å². The fraction of sp³-hybridized carbons (Fsp3) is 0.429. The largest absolute Gasteiger partial charge is 0.403 e. The Morgan fingerprint density at radius 3 is 2.42 bits per heavy atom. The van der Waals surface area contributed by atoms with Gasteiger partial charge in [-0.25, -0.2) is 0 Å². The van der Waals surface area contributed by atoms with Gasteiger partial charge in [0.15, 0.2) is 5.65 Å². The maximum Gasteiger partial charge on any atom is 0.315 e. The molecule has 1 fully saturated rings. The van der Waals surface area contributed by atoms with E-state index in [0.717, 1.165) is 79.7 Å². The smallest absolute Gasteiger partial charge is 0.315 e. The molecule has 1 aromatic carbocycles. The number of nitrogens with zero attached hydrogens (tertiary/aromatic N) is 6. The molecule has 2 N–H and O–H groups in total. The summed E-state index contributed by atoms with van der Waals surface area (Å²) in [5, 5.41) is 23.7. The molecule has 38 heavy (non-hydrogen) atoms. The Kier molecular flexibility index (Phi) is 10.8. The lowest BCUT2D eigenvalue weighted by Gasteiger charge is -2.26. The van der Waals surface area contributed by atoms with E-state index in [2.05, 4.69) is 81.1 Å². The number of benzene rings is 1. The van der Waals surface area contributed by atoms with E-state index in [1.54, 1.807) is 7.05 Å². The fourth-order valence-electron chi connectivity index (χ4n) is 4.24. The van der Waals surface area contributed by atoms with E-state index in [1.807, 2.05) is 30.5 Å². The number of ether oxygens (including phenoxy) is 1. The van der Waals surface area contributed by atoms with Gasteiger partial charge in [-0.3, -0.25) is 9.30 Å². The molecule has 1 aliphatic heterocycles. The first kappa shape index (κ1) is 28.8. The molecule has 0 aliphatic carbocycles. The number of pyridine rings is 1. The van der Waals surface area contributed by atoms with Crippen LogP contribution in [0.1, 0.15) is 37.2 Å². The quantitative estimate of drug-likeness (QED) is 0.300. The van der Waals surface area contributed by atoms with Crippen molar-refractivity contribution in [3.8, 4) is 11.5 Å². The van der Waals surface area contributed by atoms with Crippen LogP contribution in [0, 0.1) is 13.8 Å². The molecule has 0 amide bonds. The van der Waals surface area contributed by atoms with Crippen LogP contribution in [-0.2, 0) is 11.2 Å². The average molecular weight is 521 g/mol. The van der Waals surface area contributed by atoms with Crippen molar-refractivity contribution in [2.45, 2.75) is 40.5 Å². The Bertz CT molecular complexity index is 1290. The highest BCUT2D eigenvalue weighted by atomic mass is 16.5. The minimum atomic E-state index is 0.363. The Balaban J connectivity index is 0.000000956. The second kappa shape index (κ2) is 14.3. The van der Waals surface area contributed by atoms with Crippen molar-refractivity contribution in [3.05, 3.63) is 60.6 Å². The van der Waals surface area contributed by atoms with Crippen molar-refractivity contribution in [1.29, 1.82) is 0 Å². The molecule has 0 radical (unpaired) electrons. The topological polar surface area (TPSA) is 106 Å². The normalized spacial score (nSPS) is 13.3. The van der Waals surface area contributed by atoms with Crippen molar-refractivity contribution >= 4 is 23.0 Å². The molecular weight excluding hydrogens is 480 g/mol. The van der Waals surface area contributed by atoms with Crippen LogP contribution in [0.25, 0.3) is 17.1 Å². The lowest BCUT2D eigenvalue weighted by molar-refractivity contribution is 0.0374. The summed E-state index contributed by atoms with van der Waals surface area (Å²) in [6.45, 7) is 18.8. The van der Waals surface area contributed by atoms with E-state index in [0.29, 0.717) is 11.9 Å². The van der Waals surface area contributed by atoms with Crippen LogP contribution in [-0.4, -0.2) is 69.6 Å². The molecule has 0 saturated carbocycles. The first-order chi connectivity index (χ1) is 18.6. The molecule has 5 rings (SSSR count). The molecule has 3 aromatic heterocycles. The number of hydrogen-bond donors (Lipinski definition) is 2. The summed E-state index contributed by atoms with van der Waals surface area (Å²) in [7, 11) is 1.75. The summed E-state index contributed by atoms with van der Waals surface area (Å²) >= 11 is 0. The molecular formula is C28H40N8O2. The van der Waals surface area contributed by atoms with Gasteiger partial charge in [-0.2, -0.15) is 0 Å². The van der Waals surface area contributed by atoms with Crippen molar-refractivity contribution < 1.29 is 9.15 Å². The van der Waals surface area contributed by atoms with Gasteiger partial charge in [0.2, 0.25) is 0 Å². The summed E-state index contributed by atoms with van der Waals surface area (Å²) in [6.07, 6.45) is 3.81. The molecule has 0 spiro atoms. The molecule has 0 atom stereocenters. The highest BCUT2D eigenvalue weighted by molar-refractivity contribution is 5.80. The van der Waals surface area contributed by atoms with Gasteiger partial charge < -0.3 is 19.8 Å². The first-order valence-electron chi connectivity index (χ1n) is 13.1.